The van der Waals surface area contributed by atoms with Crippen molar-refractivity contribution in [3.05, 3.63) is 16.1 Å². The van der Waals surface area contributed by atoms with E-state index in [0.29, 0.717) is 5.92 Å². The van der Waals surface area contributed by atoms with Gasteiger partial charge in [0, 0.05) is 24.3 Å². The monoisotopic (exact) mass is 251 g/mol. The number of hydrogen-bond acceptors (Lipinski definition) is 4. The number of nitrogens with one attached hydrogen (secondary N) is 1. The second kappa shape index (κ2) is 5.04. The van der Waals surface area contributed by atoms with Crippen LogP contribution in [0.25, 0.3) is 0 Å². The molecule has 94 valence electrons. The molecule has 2 fully saturated rings. The van der Waals surface area contributed by atoms with Crippen LogP contribution in [0.1, 0.15) is 29.5 Å². The lowest BCUT2D eigenvalue weighted by Gasteiger charge is -2.07. The lowest BCUT2D eigenvalue weighted by atomic mass is 10.0. The first-order chi connectivity index (χ1) is 8.31. The van der Waals surface area contributed by atoms with Crippen LogP contribution in [0.5, 0.6) is 0 Å². The van der Waals surface area contributed by atoms with Gasteiger partial charge in [0.2, 0.25) is 0 Å². The van der Waals surface area contributed by atoms with Crippen LogP contribution in [0.2, 0.25) is 0 Å². The van der Waals surface area contributed by atoms with Crippen molar-refractivity contribution in [1.82, 2.24) is 15.2 Å². The predicted octanol–water partition coefficient (Wildman–Crippen LogP) is 1.71. The average molecular weight is 251 g/mol. The minimum absolute atomic E-state index is 0.687. The molecule has 2 atom stereocenters. The van der Waals surface area contributed by atoms with Crippen LogP contribution < -0.4 is 5.32 Å². The van der Waals surface area contributed by atoms with Crippen LogP contribution in [0.3, 0.4) is 0 Å². The Balaban J connectivity index is 1.61. The standard InChI is InChI=1S/C13H21N3S/c1-16-5-3-11(8-16)12-9-17-13(15-12)6-10-2-4-14-7-10/h9-11,14H,2-8H2,1H3. The number of likely N-dealkylation sites (N-methyl/N-ethyl adjacent to an activating group) is 1. The summed E-state index contributed by atoms with van der Waals surface area (Å²) >= 11 is 1.87. The maximum absolute atomic E-state index is 4.85. The molecule has 4 heteroatoms. The van der Waals surface area contributed by atoms with E-state index in [9.17, 15) is 0 Å². The molecular weight excluding hydrogens is 230 g/mol. The lowest BCUT2D eigenvalue weighted by Crippen LogP contribution is -2.13. The molecule has 3 nitrogen and oxygen atoms in total. The molecule has 1 aromatic heterocycles. The average Bonchev–Trinajstić information content (AvgIpc) is 2.99. The molecule has 2 aliphatic rings. The van der Waals surface area contributed by atoms with E-state index in [4.69, 9.17) is 4.98 Å². The summed E-state index contributed by atoms with van der Waals surface area (Å²) < 4.78 is 0. The molecular formula is C13H21N3S. The van der Waals surface area contributed by atoms with Crippen molar-refractivity contribution in [1.29, 1.82) is 0 Å². The van der Waals surface area contributed by atoms with Gasteiger partial charge < -0.3 is 10.2 Å². The van der Waals surface area contributed by atoms with Gasteiger partial charge in [0.05, 0.1) is 10.7 Å². The highest BCUT2D eigenvalue weighted by Crippen LogP contribution is 2.28. The van der Waals surface area contributed by atoms with Gasteiger partial charge >= 0.3 is 0 Å². The van der Waals surface area contributed by atoms with Crippen LogP contribution in [0.4, 0.5) is 0 Å². The van der Waals surface area contributed by atoms with Gasteiger partial charge in [0.1, 0.15) is 0 Å². The van der Waals surface area contributed by atoms with E-state index in [1.807, 2.05) is 11.3 Å². The fraction of sp³-hybridized carbons (Fsp3) is 0.769. The summed E-state index contributed by atoms with van der Waals surface area (Å²) in [4.78, 5) is 7.26. The molecule has 0 aliphatic carbocycles. The van der Waals surface area contributed by atoms with Crippen LogP contribution in [-0.2, 0) is 6.42 Å². The van der Waals surface area contributed by atoms with Gasteiger partial charge in [-0.3, -0.25) is 0 Å². The Morgan fingerprint density at radius 2 is 2.47 bits per heavy atom. The zero-order valence-electron chi connectivity index (χ0n) is 10.5. The smallest absolute Gasteiger partial charge is 0.0931 e. The third kappa shape index (κ3) is 2.69. The fourth-order valence-electron chi connectivity index (χ4n) is 2.92. The molecule has 3 rings (SSSR count). The van der Waals surface area contributed by atoms with Gasteiger partial charge in [-0.2, -0.15) is 0 Å². The summed E-state index contributed by atoms with van der Waals surface area (Å²) in [6.45, 7) is 4.79. The zero-order valence-corrected chi connectivity index (χ0v) is 11.3. The summed E-state index contributed by atoms with van der Waals surface area (Å²) in [7, 11) is 2.21. The Kier molecular flexibility index (Phi) is 3.45. The molecule has 2 aliphatic heterocycles. The molecule has 3 heterocycles. The van der Waals surface area contributed by atoms with Crippen LogP contribution in [0, 0.1) is 5.92 Å². The van der Waals surface area contributed by atoms with Gasteiger partial charge in [-0.25, -0.2) is 4.98 Å². The maximum atomic E-state index is 4.85. The quantitative estimate of drug-likeness (QED) is 0.886. The van der Waals surface area contributed by atoms with E-state index in [-0.39, 0.29) is 0 Å². The number of hydrogen-bond donors (Lipinski definition) is 1. The fourth-order valence-corrected chi connectivity index (χ4v) is 3.91. The predicted molar refractivity (Wildman–Crippen MR) is 71.6 cm³/mol. The highest BCUT2D eigenvalue weighted by atomic mass is 32.1. The highest BCUT2D eigenvalue weighted by molar-refractivity contribution is 7.09. The lowest BCUT2D eigenvalue weighted by molar-refractivity contribution is 0.411. The third-order valence-corrected chi connectivity index (χ3v) is 4.89. The minimum atomic E-state index is 0.687. The first-order valence-corrected chi connectivity index (χ1v) is 7.53. The summed E-state index contributed by atoms with van der Waals surface area (Å²) in [5.41, 5.74) is 1.35. The first kappa shape index (κ1) is 11.6. The number of thiazole rings is 1. The van der Waals surface area contributed by atoms with E-state index in [1.54, 1.807) is 0 Å². The Bertz CT molecular complexity index is 370. The Morgan fingerprint density at radius 3 is 3.18 bits per heavy atom. The van der Waals surface area contributed by atoms with Crippen molar-refractivity contribution in [2.75, 3.05) is 33.2 Å². The van der Waals surface area contributed by atoms with Gasteiger partial charge in [-0.1, -0.05) is 0 Å². The zero-order chi connectivity index (χ0) is 11.7. The third-order valence-electron chi connectivity index (χ3n) is 4.00. The summed E-state index contributed by atoms with van der Waals surface area (Å²) in [5, 5.41) is 7.07. The molecule has 1 aromatic rings. The van der Waals surface area contributed by atoms with E-state index in [0.717, 1.165) is 5.92 Å². The van der Waals surface area contributed by atoms with E-state index in [1.165, 1.54) is 56.1 Å². The van der Waals surface area contributed by atoms with Gasteiger partial charge in [-0.05, 0) is 45.4 Å². The normalized spacial score (nSPS) is 30.2. The van der Waals surface area contributed by atoms with E-state index in [2.05, 4.69) is 22.6 Å². The van der Waals surface area contributed by atoms with Crippen molar-refractivity contribution in [2.45, 2.75) is 25.2 Å². The first-order valence-electron chi connectivity index (χ1n) is 6.65. The van der Waals surface area contributed by atoms with Crippen molar-refractivity contribution < 1.29 is 0 Å². The number of likely N-dealkylation sites (tertiary alicyclic amines) is 1. The summed E-state index contributed by atoms with van der Waals surface area (Å²) in [5.74, 6) is 1.51. The summed E-state index contributed by atoms with van der Waals surface area (Å²) in [6.07, 6.45) is 3.78. The van der Waals surface area contributed by atoms with E-state index < -0.39 is 0 Å². The van der Waals surface area contributed by atoms with Gasteiger partial charge in [0.15, 0.2) is 0 Å². The van der Waals surface area contributed by atoms with Crippen molar-refractivity contribution in [3.8, 4) is 0 Å². The molecule has 0 radical (unpaired) electrons. The minimum Gasteiger partial charge on any atom is -0.316 e. The Morgan fingerprint density at radius 1 is 1.53 bits per heavy atom. The van der Waals surface area contributed by atoms with Crippen LogP contribution in [0.15, 0.2) is 5.38 Å². The molecule has 0 aromatic carbocycles. The molecule has 0 amide bonds. The number of rotatable bonds is 3. The Hall–Kier alpha value is -0.450. The van der Waals surface area contributed by atoms with Crippen LogP contribution in [-0.4, -0.2) is 43.1 Å². The summed E-state index contributed by atoms with van der Waals surface area (Å²) in [6, 6.07) is 0. The largest absolute Gasteiger partial charge is 0.316 e. The van der Waals surface area contributed by atoms with E-state index >= 15 is 0 Å². The van der Waals surface area contributed by atoms with Gasteiger partial charge in [0.25, 0.3) is 0 Å². The van der Waals surface area contributed by atoms with Crippen LogP contribution >= 0.6 is 11.3 Å². The maximum Gasteiger partial charge on any atom is 0.0931 e. The van der Waals surface area contributed by atoms with Crippen molar-refractivity contribution in [3.63, 3.8) is 0 Å². The Labute approximate surface area is 107 Å². The second-order valence-corrected chi connectivity index (χ2v) is 6.42. The number of aromatic nitrogens is 1. The molecule has 2 unspecified atom stereocenters. The SMILES string of the molecule is CN1CCC(c2csc(CC3CCNC3)n2)C1. The van der Waals surface area contributed by atoms with Crippen molar-refractivity contribution >= 4 is 11.3 Å². The molecule has 0 saturated carbocycles. The molecule has 2 saturated heterocycles. The molecule has 17 heavy (non-hydrogen) atoms. The topological polar surface area (TPSA) is 28.2 Å². The van der Waals surface area contributed by atoms with Gasteiger partial charge in [-0.15, -0.1) is 11.3 Å². The molecule has 1 N–H and O–H groups in total. The van der Waals surface area contributed by atoms with Crippen molar-refractivity contribution in [2.24, 2.45) is 5.92 Å². The molecule has 0 bridgehead atoms. The highest BCUT2D eigenvalue weighted by Gasteiger charge is 2.24. The number of nitrogens with zero attached hydrogens (tertiary/aromatic N) is 2. The second-order valence-electron chi connectivity index (χ2n) is 5.48. The molecule has 0 spiro atoms.